The van der Waals surface area contributed by atoms with E-state index in [1.165, 1.54) is 21.1 Å². The van der Waals surface area contributed by atoms with Gasteiger partial charge in [-0.2, -0.15) is 57.1 Å². The lowest BCUT2D eigenvalue weighted by Gasteiger charge is -2.39. The molecule has 0 heterocycles. The highest BCUT2D eigenvalue weighted by Gasteiger charge is 2.92. The number of hydrogen-bond acceptors (Lipinski definition) is 2. The van der Waals surface area contributed by atoms with Crippen molar-refractivity contribution in [2.24, 2.45) is 0 Å². The van der Waals surface area contributed by atoms with Crippen LogP contribution in [0.2, 0.25) is 0 Å². The van der Waals surface area contributed by atoms with Crippen molar-refractivity contribution in [2.45, 2.75) is 41.5 Å². The van der Waals surface area contributed by atoms with Crippen LogP contribution in [0.3, 0.4) is 0 Å². The third-order valence-corrected chi connectivity index (χ3v) is 5.06. The summed E-state index contributed by atoms with van der Waals surface area (Å²) < 4.78 is 192. The van der Waals surface area contributed by atoms with E-state index in [-0.39, 0.29) is 41.4 Å². The predicted octanol–water partition coefficient (Wildman–Crippen LogP) is 0.702. The standard InChI is InChI=1S/C12H16F13N2O2S.HI/c1-27(2,3)6-4-5-26-30(28,29)12(24,25)10(19,20)8(15,16)7(13,14)9(17,18)11(21,22)23;/h26H,4-6H2,1-3H3;1H/q+1;/p-1. The molecule has 0 radical (unpaired) electrons. The minimum atomic E-state index is -8.15. The molecule has 31 heavy (non-hydrogen) atoms. The molecule has 0 aromatic rings. The fraction of sp³-hybridized carbons (Fsp3) is 1.00. The number of nitrogens with zero attached hydrogens (tertiary/aromatic N) is 1. The number of quaternary nitrogens is 1. The second-order valence-electron chi connectivity index (χ2n) is 7.08. The lowest BCUT2D eigenvalue weighted by atomic mass is 9.98. The predicted molar refractivity (Wildman–Crippen MR) is 75.2 cm³/mol. The SMILES string of the molecule is C[N+](C)(C)CCCNS(=O)(=O)C(F)(F)C(F)(F)C(F)(F)C(F)(F)C(F)(F)C(F)(F)F.[I-]. The average Bonchev–Trinajstić information content (AvgIpc) is 2.48. The van der Waals surface area contributed by atoms with Gasteiger partial charge in [0.05, 0.1) is 27.7 Å². The van der Waals surface area contributed by atoms with Crippen LogP contribution in [0.25, 0.3) is 0 Å². The van der Waals surface area contributed by atoms with Crippen molar-refractivity contribution in [1.82, 2.24) is 4.72 Å². The van der Waals surface area contributed by atoms with E-state index in [4.69, 9.17) is 0 Å². The summed E-state index contributed by atoms with van der Waals surface area (Å²) in [5.41, 5.74) is 0. The first-order chi connectivity index (χ1) is 12.7. The van der Waals surface area contributed by atoms with E-state index < -0.39 is 51.7 Å². The van der Waals surface area contributed by atoms with Crippen molar-refractivity contribution in [3.05, 3.63) is 0 Å². The van der Waals surface area contributed by atoms with Crippen molar-refractivity contribution in [3.8, 4) is 0 Å². The third kappa shape index (κ3) is 5.79. The van der Waals surface area contributed by atoms with Crippen molar-refractivity contribution in [3.63, 3.8) is 0 Å². The lowest BCUT2D eigenvalue weighted by molar-refractivity contribution is -0.870. The summed E-state index contributed by atoms with van der Waals surface area (Å²) in [6.45, 7) is -1.08. The topological polar surface area (TPSA) is 46.2 Å². The molecule has 0 bridgehead atoms. The third-order valence-electron chi connectivity index (χ3n) is 3.54. The fourth-order valence-corrected chi connectivity index (χ4v) is 2.83. The Morgan fingerprint density at radius 3 is 1.35 bits per heavy atom. The average molecular weight is 626 g/mol. The molecule has 0 saturated carbocycles. The van der Waals surface area contributed by atoms with Crippen LogP contribution in [-0.4, -0.2) is 82.3 Å². The molecule has 0 atom stereocenters. The molecule has 0 aliphatic rings. The molecule has 0 aromatic heterocycles. The van der Waals surface area contributed by atoms with Gasteiger partial charge in [0.2, 0.25) is 0 Å². The van der Waals surface area contributed by atoms with Crippen molar-refractivity contribution >= 4 is 10.0 Å². The maximum atomic E-state index is 13.6. The van der Waals surface area contributed by atoms with E-state index in [0.717, 1.165) is 0 Å². The molecule has 0 spiro atoms. The van der Waals surface area contributed by atoms with Gasteiger partial charge in [-0.15, -0.1) is 0 Å². The number of hydrogen-bond donors (Lipinski definition) is 1. The molecule has 0 rings (SSSR count). The van der Waals surface area contributed by atoms with Gasteiger partial charge in [0.25, 0.3) is 10.0 Å². The quantitative estimate of drug-likeness (QED) is 0.168. The molecule has 0 unspecified atom stereocenters. The normalized spacial score (nSPS) is 15.6. The number of rotatable bonds is 10. The molecule has 190 valence electrons. The zero-order valence-electron chi connectivity index (χ0n) is 15.6. The minimum Gasteiger partial charge on any atom is -1.00 e. The number of halogens is 14. The molecule has 0 fully saturated rings. The Bertz CT molecular complexity index is 717. The number of nitrogens with one attached hydrogen (secondary N) is 1. The Kier molecular flexibility index (Phi) is 9.70. The van der Waals surface area contributed by atoms with Crippen LogP contribution in [0.1, 0.15) is 6.42 Å². The summed E-state index contributed by atoms with van der Waals surface area (Å²) >= 11 is 0. The van der Waals surface area contributed by atoms with Crippen LogP contribution in [-0.2, 0) is 10.0 Å². The van der Waals surface area contributed by atoms with E-state index in [1.54, 1.807) is 0 Å². The summed E-state index contributed by atoms with van der Waals surface area (Å²) in [5, 5.41) is -7.20. The van der Waals surface area contributed by atoms with E-state index in [9.17, 15) is 65.5 Å². The molecule has 0 aromatic carbocycles. The van der Waals surface area contributed by atoms with E-state index in [1.807, 2.05) is 0 Å². The molecule has 0 aliphatic heterocycles. The first-order valence-electron chi connectivity index (χ1n) is 7.46. The van der Waals surface area contributed by atoms with E-state index in [0.29, 0.717) is 4.72 Å². The smallest absolute Gasteiger partial charge is 0.460 e. The van der Waals surface area contributed by atoms with E-state index in [2.05, 4.69) is 0 Å². The Balaban J connectivity index is 0. The summed E-state index contributed by atoms with van der Waals surface area (Å²) in [6.07, 6.45) is -7.92. The second kappa shape index (κ2) is 9.15. The monoisotopic (exact) mass is 626 g/mol. The first kappa shape index (κ1) is 32.9. The van der Waals surface area contributed by atoms with Crippen LogP contribution in [0.15, 0.2) is 0 Å². The van der Waals surface area contributed by atoms with Gasteiger partial charge in [-0.05, 0) is 0 Å². The summed E-state index contributed by atoms with van der Waals surface area (Å²) in [5.74, 6) is -32.1. The Morgan fingerprint density at radius 1 is 0.677 bits per heavy atom. The van der Waals surface area contributed by atoms with Gasteiger partial charge in [0, 0.05) is 13.0 Å². The summed E-state index contributed by atoms with van der Waals surface area (Å²) in [4.78, 5) is 0. The van der Waals surface area contributed by atoms with Crippen molar-refractivity contribution < 1.29 is 94.0 Å². The van der Waals surface area contributed by atoms with Crippen LogP contribution in [0, 0.1) is 0 Å². The maximum absolute atomic E-state index is 13.6. The summed E-state index contributed by atoms with van der Waals surface area (Å²) in [6, 6.07) is 0. The van der Waals surface area contributed by atoms with Crippen LogP contribution >= 0.6 is 0 Å². The van der Waals surface area contributed by atoms with Gasteiger partial charge in [0.1, 0.15) is 0 Å². The zero-order chi connectivity index (χ0) is 24.8. The van der Waals surface area contributed by atoms with Crippen molar-refractivity contribution in [2.75, 3.05) is 34.2 Å². The lowest BCUT2D eigenvalue weighted by Crippen LogP contribution is -3.00. The highest BCUT2D eigenvalue weighted by atomic mass is 127. The molecule has 0 amide bonds. The highest BCUT2D eigenvalue weighted by Crippen LogP contribution is 2.60. The first-order valence-corrected chi connectivity index (χ1v) is 8.94. The van der Waals surface area contributed by atoms with Crippen molar-refractivity contribution in [1.29, 1.82) is 0 Å². The van der Waals surface area contributed by atoms with Gasteiger partial charge in [0.15, 0.2) is 0 Å². The van der Waals surface area contributed by atoms with Gasteiger partial charge in [-0.25, -0.2) is 13.1 Å². The molecule has 4 nitrogen and oxygen atoms in total. The highest BCUT2D eigenvalue weighted by molar-refractivity contribution is 7.90. The van der Waals surface area contributed by atoms with Gasteiger partial charge in [-0.3, -0.25) is 0 Å². The Labute approximate surface area is 184 Å². The molecular weight excluding hydrogens is 610 g/mol. The van der Waals surface area contributed by atoms with Crippen LogP contribution in [0.4, 0.5) is 57.1 Å². The fourth-order valence-electron chi connectivity index (χ4n) is 1.77. The van der Waals surface area contributed by atoms with Gasteiger partial charge >= 0.3 is 35.1 Å². The van der Waals surface area contributed by atoms with Gasteiger partial charge in [-0.1, -0.05) is 0 Å². The zero-order valence-corrected chi connectivity index (χ0v) is 18.6. The molecule has 19 heteroatoms. The van der Waals surface area contributed by atoms with E-state index >= 15 is 0 Å². The van der Waals surface area contributed by atoms with Crippen LogP contribution < -0.4 is 28.7 Å². The second-order valence-corrected chi connectivity index (χ2v) is 8.89. The largest absolute Gasteiger partial charge is 1.00 e. The van der Waals surface area contributed by atoms with Crippen LogP contribution in [0.5, 0.6) is 0 Å². The molecule has 0 saturated heterocycles. The Morgan fingerprint density at radius 2 is 1.03 bits per heavy atom. The van der Waals surface area contributed by atoms with Gasteiger partial charge < -0.3 is 28.5 Å². The maximum Gasteiger partial charge on any atom is 0.460 e. The molecular formula is C12H16F13IN2O2S. The molecule has 0 aliphatic carbocycles. The minimum absolute atomic E-state index is 0. The molecule has 1 N–H and O–H groups in total. The number of alkyl halides is 13. The summed E-state index contributed by atoms with van der Waals surface area (Å²) in [7, 11) is -2.40. The number of sulfonamides is 1. The Hall–Kier alpha value is -0.310.